The van der Waals surface area contributed by atoms with Crippen LogP contribution in [0.5, 0.6) is 0 Å². The molecule has 2 rings (SSSR count). The van der Waals surface area contributed by atoms with Crippen LogP contribution in [0.25, 0.3) is 0 Å². The minimum Gasteiger partial charge on any atom is -0.271 e. The highest BCUT2D eigenvalue weighted by Crippen LogP contribution is 2.32. The third-order valence-corrected chi connectivity index (χ3v) is 3.52. The van der Waals surface area contributed by atoms with E-state index in [-0.39, 0.29) is 6.04 Å². The standard InChI is InChI=1S/C13H16Cl2N2/c14-11-6-10(7-12(15)8-11)13(17-16)9-4-2-1-3-5-9/h4,6-8,13,17H,1-3,5,16H2. The zero-order valence-corrected chi connectivity index (χ0v) is 11.1. The fourth-order valence-corrected chi connectivity index (χ4v) is 2.83. The molecule has 2 nitrogen and oxygen atoms in total. The minimum absolute atomic E-state index is 0.0199. The van der Waals surface area contributed by atoms with E-state index >= 15 is 0 Å². The second kappa shape index (κ2) is 5.87. The van der Waals surface area contributed by atoms with Gasteiger partial charge in [0, 0.05) is 10.0 Å². The van der Waals surface area contributed by atoms with Crippen LogP contribution in [0.1, 0.15) is 37.3 Å². The van der Waals surface area contributed by atoms with E-state index < -0.39 is 0 Å². The summed E-state index contributed by atoms with van der Waals surface area (Å²) in [7, 11) is 0. The molecule has 0 fully saturated rings. The normalized spacial score (nSPS) is 17.7. The Morgan fingerprint density at radius 1 is 1.12 bits per heavy atom. The average Bonchev–Trinajstić information content (AvgIpc) is 2.30. The van der Waals surface area contributed by atoms with Crippen molar-refractivity contribution >= 4 is 23.2 Å². The Morgan fingerprint density at radius 3 is 2.35 bits per heavy atom. The predicted molar refractivity (Wildman–Crippen MR) is 73.1 cm³/mol. The first-order valence-electron chi connectivity index (χ1n) is 5.82. The fourth-order valence-electron chi connectivity index (χ4n) is 2.28. The molecule has 1 aliphatic rings. The summed E-state index contributed by atoms with van der Waals surface area (Å²) in [6, 6.07) is 5.57. The summed E-state index contributed by atoms with van der Waals surface area (Å²) in [5, 5.41) is 1.29. The topological polar surface area (TPSA) is 38.0 Å². The van der Waals surface area contributed by atoms with Crippen molar-refractivity contribution in [3.8, 4) is 0 Å². The Labute approximate surface area is 112 Å². The summed E-state index contributed by atoms with van der Waals surface area (Å²) in [6.07, 6.45) is 6.96. The second-order valence-corrected chi connectivity index (χ2v) is 5.20. The van der Waals surface area contributed by atoms with Crippen molar-refractivity contribution in [3.63, 3.8) is 0 Å². The zero-order chi connectivity index (χ0) is 12.3. The quantitative estimate of drug-likeness (QED) is 0.495. The molecule has 0 heterocycles. The molecule has 17 heavy (non-hydrogen) atoms. The molecule has 4 heteroatoms. The van der Waals surface area contributed by atoms with E-state index in [2.05, 4.69) is 11.5 Å². The first-order valence-corrected chi connectivity index (χ1v) is 6.57. The molecule has 0 spiro atoms. The largest absolute Gasteiger partial charge is 0.271 e. The van der Waals surface area contributed by atoms with E-state index in [9.17, 15) is 0 Å². The molecular formula is C13H16Cl2N2. The molecule has 1 aromatic carbocycles. The monoisotopic (exact) mass is 270 g/mol. The number of benzene rings is 1. The van der Waals surface area contributed by atoms with E-state index in [0.29, 0.717) is 10.0 Å². The third kappa shape index (κ3) is 3.23. The number of rotatable bonds is 3. The van der Waals surface area contributed by atoms with E-state index in [0.717, 1.165) is 18.4 Å². The molecule has 0 aromatic heterocycles. The number of halogens is 2. The molecule has 0 radical (unpaired) electrons. The smallest absolute Gasteiger partial charge is 0.0671 e. The lowest BCUT2D eigenvalue weighted by molar-refractivity contribution is 0.566. The summed E-state index contributed by atoms with van der Waals surface area (Å²) in [4.78, 5) is 0. The van der Waals surface area contributed by atoms with Gasteiger partial charge in [-0.2, -0.15) is 0 Å². The van der Waals surface area contributed by atoms with E-state index in [1.165, 1.54) is 18.4 Å². The van der Waals surface area contributed by atoms with Crippen molar-refractivity contribution in [2.24, 2.45) is 5.84 Å². The molecule has 0 aliphatic heterocycles. The van der Waals surface area contributed by atoms with Crippen molar-refractivity contribution in [1.82, 2.24) is 5.43 Å². The molecular weight excluding hydrogens is 255 g/mol. The van der Waals surface area contributed by atoms with Crippen molar-refractivity contribution in [1.29, 1.82) is 0 Å². The number of hydrogen-bond acceptors (Lipinski definition) is 2. The van der Waals surface area contributed by atoms with Gasteiger partial charge in [-0.1, -0.05) is 34.9 Å². The van der Waals surface area contributed by atoms with Gasteiger partial charge in [0.25, 0.3) is 0 Å². The van der Waals surface area contributed by atoms with Crippen LogP contribution in [0, 0.1) is 0 Å². The highest BCUT2D eigenvalue weighted by atomic mass is 35.5. The first-order chi connectivity index (χ1) is 8.20. The van der Waals surface area contributed by atoms with Gasteiger partial charge in [-0.3, -0.25) is 5.84 Å². The van der Waals surface area contributed by atoms with Gasteiger partial charge in [0.15, 0.2) is 0 Å². The van der Waals surface area contributed by atoms with Crippen LogP contribution in [-0.2, 0) is 0 Å². The summed E-state index contributed by atoms with van der Waals surface area (Å²) in [5.74, 6) is 5.66. The molecule has 1 aromatic rings. The van der Waals surface area contributed by atoms with Gasteiger partial charge in [0.2, 0.25) is 0 Å². The first kappa shape index (κ1) is 12.9. The fraction of sp³-hybridized carbons (Fsp3) is 0.385. The number of allylic oxidation sites excluding steroid dienone is 1. The molecule has 1 unspecified atom stereocenters. The third-order valence-electron chi connectivity index (χ3n) is 3.08. The highest BCUT2D eigenvalue weighted by Gasteiger charge is 2.17. The summed E-state index contributed by atoms with van der Waals surface area (Å²) in [6.45, 7) is 0. The molecule has 1 aliphatic carbocycles. The van der Waals surface area contributed by atoms with Crippen LogP contribution in [0.3, 0.4) is 0 Å². The Hall–Kier alpha value is -0.540. The van der Waals surface area contributed by atoms with E-state index in [1.54, 1.807) is 6.07 Å². The minimum atomic E-state index is 0.0199. The molecule has 92 valence electrons. The van der Waals surface area contributed by atoms with Crippen LogP contribution in [0.2, 0.25) is 10.0 Å². The van der Waals surface area contributed by atoms with Crippen LogP contribution in [-0.4, -0.2) is 0 Å². The molecule has 0 bridgehead atoms. The van der Waals surface area contributed by atoms with Crippen LogP contribution in [0.15, 0.2) is 29.8 Å². The summed E-state index contributed by atoms with van der Waals surface area (Å²) < 4.78 is 0. The van der Waals surface area contributed by atoms with Crippen LogP contribution in [0.4, 0.5) is 0 Å². The zero-order valence-electron chi connectivity index (χ0n) is 9.55. The van der Waals surface area contributed by atoms with Gasteiger partial charge in [-0.15, -0.1) is 0 Å². The maximum Gasteiger partial charge on any atom is 0.0671 e. The SMILES string of the molecule is NNC(C1=CCCCC1)c1cc(Cl)cc(Cl)c1. The van der Waals surface area contributed by atoms with Gasteiger partial charge in [0.1, 0.15) is 0 Å². The van der Waals surface area contributed by atoms with Gasteiger partial charge in [-0.05, 0) is 49.4 Å². The Bertz CT molecular complexity index is 409. The lowest BCUT2D eigenvalue weighted by Gasteiger charge is -2.23. The molecule has 0 amide bonds. The molecule has 1 atom stereocenters. The maximum absolute atomic E-state index is 6.02. The maximum atomic E-state index is 6.02. The van der Waals surface area contributed by atoms with Gasteiger partial charge < -0.3 is 0 Å². The van der Waals surface area contributed by atoms with Gasteiger partial charge >= 0.3 is 0 Å². The Balaban J connectivity index is 2.31. The Morgan fingerprint density at radius 2 is 1.82 bits per heavy atom. The summed E-state index contributed by atoms with van der Waals surface area (Å²) >= 11 is 12.0. The van der Waals surface area contributed by atoms with Crippen molar-refractivity contribution in [2.75, 3.05) is 0 Å². The number of hydrazine groups is 1. The molecule has 0 saturated carbocycles. The number of nitrogens with one attached hydrogen (secondary N) is 1. The van der Waals surface area contributed by atoms with Crippen molar-refractivity contribution in [2.45, 2.75) is 31.7 Å². The van der Waals surface area contributed by atoms with Crippen LogP contribution >= 0.6 is 23.2 Å². The number of hydrogen-bond donors (Lipinski definition) is 2. The number of nitrogens with two attached hydrogens (primary N) is 1. The summed E-state index contributed by atoms with van der Waals surface area (Å²) in [5.41, 5.74) is 5.21. The molecule has 0 saturated heterocycles. The van der Waals surface area contributed by atoms with Crippen molar-refractivity contribution < 1.29 is 0 Å². The average molecular weight is 271 g/mol. The Kier molecular flexibility index (Phi) is 4.46. The lowest BCUT2D eigenvalue weighted by Crippen LogP contribution is -2.30. The lowest BCUT2D eigenvalue weighted by atomic mass is 9.90. The van der Waals surface area contributed by atoms with Crippen molar-refractivity contribution in [3.05, 3.63) is 45.5 Å². The van der Waals surface area contributed by atoms with Crippen LogP contribution < -0.4 is 11.3 Å². The van der Waals surface area contributed by atoms with E-state index in [4.69, 9.17) is 29.0 Å². The van der Waals surface area contributed by atoms with Gasteiger partial charge in [-0.25, -0.2) is 5.43 Å². The highest BCUT2D eigenvalue weighted by molar-refractivity contribution is 6.34. The predicted octanol–water partition coefficient (Wildman–Crippen LogP) is 4.00. The second-order valence-electron chi connectivity index (χ2n) is 4.33. The van der Waals surface area contributed by atoms with Gasteiger partial charge in [0.05, 0.1) is 6.04 Å². The molecule has 3 N–H and O–H groups in total. The van der Waals surface area contributed by atoms with E-state index in [1.807, 2.05) is 12.1 Å².